The van der Waals surface area contributed by atoms with Gasteiger partial charge >= 0.3 is 0 Å². The Kier molecular flexibility index (Phi) is 5.26. The SMILES string of the molecule is C=CCNCC(=O)Nc1cc(S(C)(=O)=O)ccc1C. The molecule has 0 bridgehead atoms. The van der Waals surface area contributed by atoms with Crippen molar-refractivity contribution in [1.82, 2.24) is 5.32 Å². The quantitative estimate of drug-likeness (QED) is 0.605. The molecule has 0 aliphatic heterocycles. The van der Waals surface area contributed by atoms with Crippen LogP contribution in [-0.2, 0) is 14.6 Å². The monoisotopic (exact) mass is 282 g/mol. The van der Waals surface area contributed by atoms with Crippen molar-refractivity contribution >= 4 is 21.4 Å². The third-order valence-electron chi connectivity index (χ3n) is 2.49. The third-order valence-corrected chi connectivity index (χ3v) is 3.60. The van der Waals surface area contributed by atoms with Crippen LogP contribution in [0.4, 0.5) is 5.69 Å². The highest BCUT2D eigenvalue weighted by Gasteiger charge is 2.11. The van der Waals surface area contributed by atoms with Crippen LogP contribution >= 0.6 is 0 Å². The molecule has 6 heteroatoms. The van der Waals surface area contributed by atoms with Gasteiger partial charge in [0, 0.05) is 18.5 Å². The summed E-state index contributed by atoms with van der Waals surface area (Å²) in [6.45, 7) is 6.02. The smallest absolute Gasteiger partial charge is 0.238 e. The molecule has 1 aromatic carbocycles. The minimum absolute atomic E-state index is 0.147. The van der Waals surface area contributed by atoms with Crippen molar-refractivity contribution in [3.63, 3.8) is 0 Å². The number of rotatable bonds is 6. The van der Waals surface area contributed by atoms with E-state index in [1.807, 2.05) is 0 Å². The van der Waals surface area contributed by atoms with Gasteiger partial charge in [-0.2, -0.15) is 0 Å². The Morgan fingerprint density at radius 2 is 2.11 bits per heavy atom. The van der Waals surface area contributed by atoms with Crippen molar-refractivity contribution in [1.29, 1.82) is 0 Å². The molecule has 0 fully saturated rings. The van der Waals surface area contributed by atoms with Crippen LogP contribution in [0.5, 0.6) is 0 Å². The highest BCUT2D eigenvalue weighted by Crippen LogP contribution is 2.19. The Morgan fingerprint density at radius 1 is 1.42 bits per heavy atom. The molecule has 5 nitrogen and oxygen atoms in total. The van der Waals surface area contributed by atoms with Crippen molar-refractivity contribution in [2.45, 2.75) is 11.8 Å². The van der Waals surface area contributed by atoms with Gasteiger partial charge in [0.15, 0.2) is 9.84 Å². The van der Waals surface area contributed by atoms with Gasteiger partial charge in [0.1, 0.15) is 0 Å². The highest BCUT2D eigenvalue weighted by molar-refractivity contribution is 7.90. The molecular formula is C13H18N2O3S. The summed E-state index contributed by atoms with van der Waals surface area (Å²) in [7, 11) is -3.28. The summed E-state index contributed by atoms with van der Waals surface area (Å²) in [5.41, 5.74) is 1.32. The van der Waals surface area contributed by atoms with E-state index in [4.69, 9.17) is 0 Å². The lowest BCUT2D eigenvalue weighted by molar-refractivity contribution is -0.115. The maximum absolute atomic E-state index is 11.6. The molecule has 1 rings (SSSR count). The Labute approximate surface area is 113 Å². The molecule has 2 N–H and O–H groups in total. The second-order valence-electron chi connectivity index (χ2n) is 4.22. The van der Waals surface area contributed by atoms with Crippen LogP contribution in [0.1, 0.15) is 5.56 Å². The van der Waals surface area contributed by atoms with E-state index in [-0.39, 0.29) is 17.3 Å². The maximum atomic E-state index is 11.6. The lowest BCUT2D eigenvalue weighted by Gasteiger charge is -2.10. The summed E-state index contributed by atoms with van der Waals surface area (Å²) in [5, 5.41) is 5.55. The number of nitrogens with one attached hydrogen (secondary N) is 2. The number of carbonyl (C=O) groups is 1. The molecule has 0 saturated carbocycles. The van der Waals surface area contributed by atoms with Crippen LogP contribution < -0.4 is 10.6 Å². The molecular weight excluding hydrogens is 264 g/mol. The number of sulfone groups is 1. The van der Waals surface area contributed by atoms with Crippen LogP contribution in [0.3, 0.4) is 0 Å². The summed E-state index contributed by atoms with van der Waals surface area (Å²) in [4.78, 5) is 11.8. The largest absolute Gasteiger partial charge is 0.325 e. The second kappa shape index (κ2) is 6.49. The number of benzene rings is 1. The van der Waals surface area contributed by atoms with E-state index in [1.165, 1.54) is 12.1 Å². The fourth-order valence-electron chi connectivity index (χ4n) is 1.45. The molecule has 0 unspecified atom stereocenters. The summed E-state index contributed by atoms with van der Waals surface area (Å²) in [5.74, 6) is -0.226. The Balaban J connectivity index is 2.83. The number of amides is 1. The number of aryl methyl sites for hydroxylation is 1. The Hall–Kier alpha value is -1.66. The van der Waals surface area contributed by atoms with Gasteiger partial charge in [0.25, 0.3) is 0 Å². The molecule has 0 heterocycles. The van der Waals surface area contributed by atoms with Gasteiger partial charge in [-0.15, -0.1) is 6.58 Å². The predicted octanol–water partition coefficient (Wildman–Crippen LogP) is 1.11. The van der Waals surface area contributed by atoms with Crippen LogP contribution in [0.2, 0.25) is 0 Å². The molecule has 19 heavy (non-hydrogen) atoms. The zero-order chi connectivity index (χ0) is 14.5. The molecule has 1 aromatic rings. The first kappa shape index (κ1) is 15.4. The minimum atomic E-state index is -3.28. The zero-order valence-corrected chi connectivity index (χ0v) is 11.9. The molecule has 0 aliphatic rings. The van der Waals surface area contributed by atoms with Crippen molar-refractivity contribution in [3.05, 3.63) is 36.4 Å². The molecule has 1 amide bonds. The van der Waals surface area contributed by atoms with E-state index in [2.05, 4.69) is 17.2 Å². The lowest BCUT2D eigenvalue weighted by Crippen LogP contribution is -2.28. The number of hydrogen-bond donors (Lipinski definition) is 2. The second-order valence-corrected chi connectivity index (χ2v) is 6.23. The minimum Gasteiger partial charge on any atom is -0.325 e. The first-order chi connectivity index (χ1) is 8.84. The van der Waals surface area contributed by atoms with Crippen molar-refractivity contribution in [2.75, 3.05) is 24.7 Å². The van der Waals surface area contributed by atoms with E-state index in [0.717, 1.165) is 11.8 Å². The molecule has 0 atom stereocenters. The van der Waals surface area contributed by atoms with E-state index < -0.39 is 9.84 Å². The van der Waals surface area contributed by atoms with Crippen LogP contribution in [0.15, 0.2) is 35.7 Å². The van der Waals surface area contributed by atoms with Gasteiger partial charge in [0.05, 0.1) is 11.4 Å². The fraction of sp³-hybridized carbons (Fsp3) is 0.308. The third kappa shape index (κ3) is 4.84. The van der Waals surface area contributed by atoms with Gasteiger partial charge in [-0.1, -0.05) is 12.1 Å². The number of carbonyl (C=O) groups excluding carboxylic acids is 1. The molecule has 0 spiro atoms. The number of anilines is 1. The average Bonchev–Trinajstić information content (AvgIpc) is 2.31. The van der Waals surface area contributed by atoms with E-state index >= 15 is 0 Å². The predicted molar refractivity (Wildman–Crippen MR) is 76.0 cm³/mol. The van der Waals surface area contributed by atoms with Gasteiger partial charge < -0.3 is 10.6 Å². The van der Waals surface area contributed by atoms with E-state index in [9.17, 15) is 13.2 Å². The molecule has 0 aliphatic carbocycles. The molecule has 104 valence electrons. The molecule has 0 saturated heterocycles. The average molecular weight is 282 g/mol. The fourth-order valence-corrected chi connectivity index (χ4v) is 2.10. The molecule has 0 radical (unpaired) electrons. The van der Waals surface area contributed by atoms with E-state index in [1.54, 1.807) is 19.1 Å². The summed E-state index contributed by atoms with van der Waals surface area (Å²) in [6.07, 6.45) is 2.79. The summed E-state index contributed by atoms with van der Waals surface area (Å²) < 4.78 is 22.9. The van der Waals surface area contributed by atoms with Crippen LogP contribution in [-0.4, -0.2) is 33.7 Å². The Bertz CT molecular complexity index is 580. The maximum Gasteiger partial charge on any atom is 0.238 e. The molecule has 0 aromatic heterocycles. The lowest BCUT2D eigenvalue weighted by atomic mass is 10.2. The van der Waals surface area contributed by atoms with Crippen molar-refractivity contribution in [3.8, 4) is 0 Å². The van der Waals surface area contributed by atoms with Gasteiger partial charge in [-0.25, -0.2) is 8.42 Å². The highest BCUT2D eigenvalue weighted by atomic mass is 32.2. The van der Waals surface area contributed by atoms with Crippen LogP contribution in [0, 0.1) is 6.92 Å². The zero-order valence-electron chi connectivity index (χ0n) is 11.1. The topological polar surface area (TPSA) is 75.3 Å². The Morgan fingerprint density at radius 3 is 2.68 bits per heavy atom. The number of hydrogen-bond acceptors (Lipinski definition) is 4. The standard InChI is InChI=1S/C13H18N2O3S/c1-4-7-14-9-13(16)15-12-8-11(19(3,17)18)6-5-10(12)2/h4-6,8,14H,1,7,9H2,2-3H3,(H,15,16). The van der Waals surface area contributed by atoms with Gasteiger partial charge in [0.2, 0.25) is 5.91 Å². The normalized spacial score (nSPS) is 11.1. The van der Waals surface area contributed by atoms with Gasteiger partial charge in [-0.3, -0.25) is 4.79 Å². The summed E-state index contributed by atoms with van der Waals surface area (Å²) >= 11 is 0. The van der Waals surface area contributed by atoms with E-state index in [0.29, 0.717) is 12.2 Å². The first-order valence-corrected chi connectivity index (χ1v) is 7.66. The first-order valence-electron chi connectivity index (χ1n) is 5.77. The summed E-state index contributed by atoms with van der Waals surface area (Å²) in [6, 6.07) is 4.66. The van der Waals surface area contributed by atoms with Crippen molar-refractivity contribution < 1.29 is 13.2 Å². The van der Waals surface area contributed by atoms with Gasteiger partial charge in [-0.05, 0) is 24.6 Å². The van der Waals surface area contributed by atoms with Crippen LogP contribution in [0.25, 0.3) is 0 Å². The van der Waals surface area contributed by atoms with Crippen molar-refractivity contribution in [2.24, 2.45) is 0 Å².